The molecular formula is C10H19N5. The van der Waals surface area contributed by atoms with E-state index in [1.165, 1.54) is 0 Å². The SMILES string of the molecule is CCCNc1cc(N(C)CCN)ncn1. The molecule has 0 saturated heterocycles. The maximum Gasteiger partial charge on any atom is 0.133 e. The second-order valence-corrected chi connectivity index (χ2v) is 3.40. The number of aromatic nitrogens is 2. The number of hydrogen-bond acceptors (Lipinski definition) is 5. The fourth-order valence-corrected chi connectivity index (χ4v) is 1.21. The monoisotopic (exact) mass is 209 g/mol. The van der Waals surface area contributed by atoms with E-state index >= 15 is 0 Å². The molecule has 0 atom stereocenters. The molecule has 5 heteroatoms. The van der Waals surface area contributed by atoms with Gasteiger partial charge in [-0.1, -0.05) is 6.92 Å². The van der Waals surface area contributed by atoms with Crippen LogP contribution in [0.25, 0.3) is 0 Å². The van der Waals surface area contributed by atoms with Crippen LogP contribution in [0.1, 0.15) is 13.3 Å². The number of hydrogen-bond donors (Lipinski definition) is 2. The van der Waals surface area contributed by atoms with Gasteiger partial charge in [-0.15, -0.1) is 0 Å². The van der Waals surface area contributed by atoms with Gasteiger partial charge in [0.15, 0.2) is 0 Å². The van der Waals surface area contributed by atoms with Gasteiger partial charge < -0.3 is 16.0 Å². The fraction of sp³-hybridized carbons (Fsp3) is 0.600. The van der Waals surface area contributed by atoms with Crippen molar-refractivity contribution in [2.24, 2.45) is 5.73 Å². The van der Waals surface area contributed by atoms with Crippen LogP contribution in [0.2, 0.25) is 0 Å². The fourth-order valence-electron chi connectivity index (χ4n) is 1.21. The average molecular weight is 209 g/mol. The Balaban J connectivity index is 2.64. The highest BCUT2D eigenvalue weighted by Gasteiger charge is 2.02. The van der Waals surface area contributed by atoms with Crippen LogP contribution >= 0.6 is 0 Å². The lowest BCUT2D eigenvalue weighted by Crippen LogP contribution is -2.25. The second-order valence-electron chi connectivity index (χ2n) is 3.40. The summed E-state index contributed by atoms with van der Waals surface area (Å²) in [6.07, 6.45) is 2.65. The van der Waals surface area contributed by atoms with Crippen LogP contribution in [0.3, 0.4) is 0 Å². The molecule has 0 saturated carbocycles. The first-order chi connectivity index (χ1) is 7.27. The number of nitrogens with two attached hydrogens (primary N) is 1. The van der Waals surface area contributed by atoms with E-state index in [0.29, 0.717) is 6.54 Å². The number of anilines is 2. The molecule has 3 N–H and O–H groups in total. The molecule has 84 valence electrons. The summed E-state index contributed by atoms with van der Waals surface area (Å²) in [7, 11) is 1.97. The lowest BCUT2D eigenvalue weighted by Gasteiger charge is -2.17. The first kappa shape index (κ1) is 11.7. The minimum absolute atomic E-state index is 0.623. The summed E-state index contributed by atoms with van der Waals surface area (Å²) in [4.78, 5) is 10.3. The number of nitrogens with zero attached hydrogens (tertiary/aromatic N) is 3. The van der Waals surface area contributed by atoms with Crippen LogP contribution in [0.4, 0.5) is 11.6 Å². The minimum atomic E-state index is 0.623. The van der Waals surface area contributed by atoms with Crippen LogP contribution in [-0.2, 0) is 0 Å². The molecule has 15 heavy (non-hydrogen) atoms. The third-order valence-electron chi connectivity index (χ3n) is 2.06. The molecule has 0 amide bonds. The topological polar surface area (TPSA) is 67.1 Å². The zero-order valence-electron chi connectivity index (χ0n) is 9.40. The van der Waals surface area contributed by atoms with E-state index in [0.717, 1.165) is 31.1 Å². The zero-order valence-corrected chi connectivity index (χ0v) is 9.40. The standard InChI is InChI=1S/C10H19N5/c1-3-5-12-9-7-10(14-8-13-9)15(2)6-4-11/h7-8H,3-6,11H2,1-2H3,(H,12,13,14). The summed E-state index contributed by atoms with van der Waals surface area (Å²) in [5.74, 6) is 1.76. The number of likely N-dealkylation sites (N-methyl/N-ethyl adjacent to an activating group) is 1. The molecule has 0 fully saturated rings. The Bertz CT molecular complexity index is 289. The average Bonchev–Trinajstić information content (AvgIpc) is 2.27. The highest BCUT2D eigenvalue weighted by Crippen LogP contribution is 2.11. The summed E-state index contributed by atoms with van der Waals surface area (Å²) in [6, 6.07) is 1.94. The Labute approximate surface area is 90.7 Å². The molecule has 0 unspecified atom stereocenters. The molecule has 0 aliphatic heterocycles. The van der Waals surface area contributed by atoms with Gasteiger partial charge in [0.05, 0.1) is 0 Å². The molecule has 1 rings (SSSR count). The lowest BCUT2D eigenvalue weighted by molar-refractivity contribution is 0.863. The lowest BCUT2D eigenvalue weighted by atomic mass is 10.4. The first-order valence-corrected chi connectivity index (χ1v) is 5.25. The zero-order chi connectivity index (χ0) is 11.1. The van der Waals surface area contributed by atoms with Gasteiger partial charge in [0, 0.05) is 32.7 Å². The van der Waals surface area contributed by atoms with Gasteiger partial charge in [-0.05, 0) is 6.42 Å². The molecule has 5 nitrogen and oxygen atoms in total. The van der Waals surface area contributed by atoms with Gasteiger partial charge in [0.1, 0.15) is 18.0 Å². The van der Waals surface area contributed by atoms with E-state index in [2.05, 4.69) is 22.2 Å². The normalized spacial score (nSPS) is 10.1. The van der Waals surface area contributed by atoms with E-state index in [1.807, 2.05) is 18.0 Å². The predicted molar refractivity (Wildman–Crippen MR) is 63.1 cm³/mol. The van der Waals surface area contributed by atoms with Crippen molar-refractivity contribution in [3.63, 3.8) is 0 Å². The molecule has 1 aromatic heterocycles. The van der Waals surface area contributed by atoms with Crippen molar-refractivity contribution in [1.29, 1.82) is 0 Å². The van der Waals surface area contributed by atoms with Crippen LogP contribution < -0.4 is 16.0 Å². The summed E-state index contributed by atoms with van der Waals surface area (Å²) in [5, 5.41) is 3.22. The van der Waals surface area contributed by atoms with Crippen molar-refractivity contribution in [3.05, 3.63) is 12.4 Å². The molecule has 0 radical (unpaired) electrons. The third kappa shape index (κ3) is 3.71. The van der Waals surface area contributed by atoms with Gasteiger partial charge in [0.2, 0.25) is 0 Å². The third-order valence-corrected chi connectivity index (χ3v) is 2.06. The van der Waals surface area contributed by atoms with Crippen LogP contribution in [0.5, 0.6) is 0 Å². The number of rotatable bonds is 6. The maximum atomic E-state index is 5.48. The highest BCUT2D eigenvalue weighted by atomic mass is 15.2. The van der Waals surface area contributed by atoms with Gasteiger partial charge in [-0.2, -0.15) is 0 Å². The Kier molecular flexibility index (Phi) is 4.83. The first-order valence-electron chi connectivity index (χ1n) is 5.25. The summed E-state index contributed by atoms with van der Waals surface area (Å²) < 4.78 is 0. The predicted octanol–water partition coefficient (Wildman–Crippen LogP) is 0.693. The Morgan fingerprint density at radius 2 is 2.27 bits per heavy atom. The smallest absolute Gasteiger partial charge is 0.133 e. The Morgan fingerprint density at radius 1 is 1.47 bits per heavy atom. The van der Waals surface area contributed by atoms with Crippen LogP contribution in [0, 0.1) is 0 Å². The molecule has 0 spiro atoms. The summed E-state index contributed by atoms with van der Waals surface area (Å²) in [5.41, 5.74) is 5.48. The molecule has 0 aromatic carbocycles. The van der Waals surface area contributed by atoms with Crippen molar-refractivity contribution in [2.75, 3.05) is 36.9 Å². The molecule has 1 aromatic rings. The molecule has 1 heterocycles. The molecule has 0 aliphatic rings. The highest BCUT2D eigenvalue weighted by molar-refractivity contribution is 5.47. The molecular weight excluding hydrogens is 190 g/mol. The van der Waals surface area contributed by atoms with E-state index in [-0.39, 0.29) is 0 Å². The van der Waals surface area contributed by atoms with Crippen molar-refractivity contribution in [2.45, 2.75) is 13.3 Å². The van der Waals surface area contributed by atoms with Crippen LogP contribution in [0.15, 0.2) is 12.4 Å². The Morgan fingerprint density at radius 3 is 2.93 bits per heavy atom. The summed E-state index contributed by atoms with van der Waals surface area (Å²) in [6.45, 7) is 4.47. The van der Waals surface area contributed by atoms with Crippen molar-refractivity contribution in [3.8, 4) is 0 Å². The Hall–Kier alpha value is -1.36. The van der Waals surface area contributed by atoms with Gasteiger partial charge >= 0.3 is 0 Å². The number of nitrogens with one attached hydrogen (secondary N) is 1. The van der Waals surface area contributed by atoms with E-state index in [1.54, 1.807) is 6.33 Å². The molecule has 0 bridgehead atoms. The van der Waals surface area contributed by atoms with Crippen molar-refractivity contribution >= 4 is 11.6 Å². The van der Waals surface area contributed by atoms with Crippen LogP contribution in [-0.4, -0.2) is 36.6 Å². The van der Waals surface area contributed by atoms with E-state index in [4.69, 9.17) is 5.73 Å². The van der Waals surface area contributed by atoms with Crippen molar-refractivity contribution in [1.82, 2.24) is 9.97 Å². The molecule has 0 aliphatic carbocycles. The minimum Gasteiger partial charge on any atom is -0.370 e. The summed E-state index contributed by atoms with van der Waals surface area (Å²) >= 11 is 0. The van der Waals surface area contributed by atoms with Crippen molar-refractivity contribution < 1.29 is 0 Å². The maximum absolute atomic E-state index is 5.48. The van der Waals surface area contributed by atoms with E-state index in [9.17, 15) is 0 Å². The largest absolute Gasteiger partial charge is 0.370 e. The van der Waals surface area contributed by atoms with Gasteiger partial charge in [-0.25, -0.2) is 9.97 Å². The second kappa shape index (κ2) is 6.19. The van der Waals surface area contributed by atoms with Gasteiger partial charge in [0.25, 0.3) is 0 Å². The van der Waals surface area contributed by atoms with E-state index < -0.39 is 0 Å². The quantitative estimate of drug-likeness (QED) is 0.721. The van der Waals surface area contributed by atoms with Gasteiger partial charge in [-0.3, -0.25) is 0 Å².